The number of nitrogens with one attached hydrogen (secondary N) is 2. The Morgan fingerprint density at radius 1 is 1.13 bits per heavy atom. The van der Waals surface area contributed by atoms with Crippen molar-refractivity contribution in [2.45, 2.75) is 69.7 Å². The average Bonchev–Trinajstić information content (AvgIpc) is 3.40. The third kappa shape index (κ3) is 5.29. The number of carbonyl (C=O) groups excluding carboxylic acids is 1. The number of hydrogen-bond acceptors (Lipinski definition) is 2. The number of aliphatic imine (C=N–C) groups is 1. The minimum atomic E-state index is 0. The van der Waals surface area contributed by atoms with Crippen LogP contribution in [0.25, 0.3) is 0 Å². The molecule has 1 atom stereocenters. The van der Waals surface area contributed by atoms with E-state index in [0.29, 0.717) is 11.9 Å². The Hall–Kier alpha value is -1.31. The molecule has 1 amide bonds. The monoisotopic (exact) mass is 524 g/mol. The van der Waals surface area contributed by atoms with Gasteiger partial charge in [0.25, 0.3) is 0 Å². The Balaban J connectivity index is 0.00000256. The number of carbonyl (C=O) groups is 1. The van der Waals surface area contributed by atoms with E-state index >= 15 is 0 Å². The van der Waals surface area contributed by atoms with Crippen LogP contribution in [-0.2, 0) is 10.2 Å². The summed E-state index contributed by atoms with van der Waals surface area (Å²) in [5, 5.41) is 7.03. The first kappa shape index (κ1) is 23.4. The molecule has 3 fully saturated rings. The summed E-state index contributed by atoms with van der Waals surface area (Å²) in [6.45, 7) is 5.47. The molecular weight excluding hydrogens is 487 g/mol. The zero-order chi connectivity index (χ0) is 20.1. The maximum Gasteiger partial charge on any atom is 0.225 e. The van der Waals surface area contributed by atoms with Crippen LogP contribution in [0.15, 0.2) is 35.3 Å². The van der Waals surface area contributed by atoms with Crippen LogP contribution in [-0.4, -0.2) is 49.0 Å². The minimum absolute atomic E-state index is 0. The third-order valence-electron chi connectivity index (χ3n) is 7.13. The molecule has 1 heterocycles. The Bertz CT molecular complexity index is 713. The van der Waals surface area contributed by atoms with Gasteiger partial charge in [-0.2, -0.15) is 0 Å². The Morgan fingerprint density at radius 2 is 1.87 bits per heavy atom. The highest BCUT2D eigenvalue weighted by Gasteiger charge is 2.38. The van der Waals surface area contributed by atoms with Crippen molar-refractivity contribution in [3.8, 4) is 0 Å². The fraction of sp³-hybridized carbons (Fsp3) is 0.667. The van der Waals surface area contributed by atoms with E-state index in [1.807, 2.05) is 0 Å². The van der Waals surface area contributed by atoms with E-state index in [1.165, 1.54) is 37.7 Å². The number of hydrogen-bond donors (Lipinski definition) is 2. The quantitative estimate of drug-likeness (QED) is 0.335. The highest BCUT2D eigenvalue weighted by atomic mass is 127. The first-order valence-corrected chi connectivity index (χ1v) is 11.6. The largest absolute Gasteiger partial charge is 0.357 e. The summed E-state index contributed by atoms with van der Waals surface area (Å²) in [6, 6.07) is 11.2. The molecule has 0 aromatic heterocycles. The van der Waals surface area contributed by atoms with Crippen molar-refractivity contribution in [2.24, 2.45) is 10.9 Å². The molecule has 0 bridgehead atoms. The van der Waals surface area contributed by atoms with Gasteiger partial charge < -0.3 is 15.5 Å². The Morgan fingerprint density at radius 3 is 2.50 bits per heavy atom. The van der Waals surface area contributed by atoms with E-state index in [-0.39, 0.29) is 35.3 Å². The van der Waals surface area contributed by atoms with Gasteiger partial charge in [0.1, 0.15) is 0 Å². The van der Waals surface area contributed by atoms with Crippen LogP contribution in [0.1, 0.15) is 63.9 Å². The number of likely N-dealkylation sites (tertiary alicyclic amines) is 1. The smallest absolute Gasteiger partial charge is 0.225 e. The number of guanidine groups is 1. The van der Waals surface area contributed by atoms with E-state index in [0.717, 1.165) is 51.4 Å². The molecule has 1 aliphatic heterocycles. The van der Waals surface area contributed by atoms with E-state index in [9.17, 15) is 4.79 Å². The number of nitrogens with zero attached hydrogens (tertiary/aromatic N) is 2. The van der Waals surface area contributed by atoms with Crippen molar-refractivity contribution in [3.63, 3.8) is 0 Å². The highest BCUT2D eigenvalue weighted by molar-refractivity contribution is 14.0. The molecule has 4 rings (SSSR count). The van der Waals surface area contributed by atoms with Crippen LogP contribution in [0.3, 0.4) is 0 Å². The summed E-state index contributed by atoms with van der Waals surface area (Å²) in [4.78, 5) is 19.8. The lowest BCUT2D eigenvalue weighted by Gasteiger charge is -2.41. The van der Waals surface area contributed by atoms with E-state index in [2.05, 4.69) is 52.8 Å². The number of halogens is 1. The third-order valence-corrected chi connectivity index (χ3v) is 7.13. The molecule has 2 saturated carbocycles. The van der Waals surface area contributed by atoms with Crippen molar-refractivity contribution in [3.05, 3.63) is 35.9 Å². The van der Waals surface area contributed by atoms with Gasteiger partial charge in [0.05, 0.1) is 6.54 Å². The van der Waals surface area contributed by atoms with Crippen LogP contribution in [0.4, 0.5) is 0 Å². The molecule has 166 valence electrons. The van der Waals surface area contributed by atoms with E-state index < -0.39 is 0 Å². The molecule has 1 saturated heterocycles. The number of benzene rings is 1. The predicted molar refractivity (Wildman–Crippen MR) is 133 cm³/mol. The van der Waals surface area contributed by atoms with Crippen molar-refractivity contribution in [1.29, 1.82) is 0 Å². The van der Waals surface area contributed by atoms with Crippen molar-refractivity contribution < 1.29 is 4.79 Å². The summed E-state index contributed by atoms with van der Waals surface area (Å²) >= 11 is 0. The van der Waals surface area contributed by atoms with Gasteiger partial charge in [-0.15, -0.1) is 24.0 Å². The summed E-state index contributed by atoms with van der Waals surface area (Å²) < 4.78 is 0. The van der Waals surface area contributed by atoms with Crippen LogP contribution < -0.4 is 10.6 Å². The van der Waals surface area contributed by atoms with Crippen molar-refractivity contribution >= 4 is 35.8 Å². The molecule has 2 N–H and O–H groups in total. The summed E-state index contributed by atoms with van der Waals surface area (Å²) in [5.74, 6) is 1.56. The Labute approximate surface area is 198 Å². The summed E-state index contributed by atoms with van der Waals surface area (Å²) in [7, 11) is 0. The zero-order valence-corrected chi connectivity index (χ0v) is 20.6. The summed E-state index contributed by atoms with van der Waals surface area (Å²) in [5.41, 5.74) is 1.61. The second kappa shape index (κ2) is 10.8. The van der Waals surface area contributed by atoms with Gasteiger partial charge in [-0.25, -0.2) is 0 Å². The number of rotatable bonds is 6. The topological polar surface area (TPSA) is 56.7 Å². The zero-order valence-electron chi connectivity index (χ0n) is 18.2. The van der Waals surface area contributed by atoms with Gasteiger partial charge >= 0.3 is 0 Å². The normalized spacial score (nSPS) is 23.6. The van der Waals surface area contributed by atoms with Crippen LogP contribution in [0.2, 0.25) is 0 Å². The van der Waals surface area contributed by atoms with Crippen molar-refractivity contribution in [2.75, 3.05) is 26.2 Å². The lowest BCUT2D eigenvalue weighted by Crippen LogP contribution is -2.46. The molecule has 6 heteroatoms. The van der Waals surface area contributed by atoms with Gasteiger partial charge in [0.15, 0.2) is 5.96 Å². The minimum Gasteiger partial charge on any atom is -0.357 e. The molecule has 30 heavy (non-hydrogen) atoms. The molecule has 3 aliphatic rings. The fourth-order valence-corrected chi connectivity index (χ4v) is 5.19. The summed E-state index contributed by atoms with van der Waals surface area (Å²) in [6.07, 6.45) is 9.32. The molecule has 5 nitrogen and oxygen atoms in total. The van der Waals surface area contributed by atoms with E-state index in [4.69, 9.17) is 4.99 Å². The highest BCUT2D eigenvalue weighted by Crippen LogP contribution is 2.43. The Kier molecular flexibility index (Phi) is 8.43. The van der Waals surface area contributed by atoms with Crippen LogP contribution in [0, 0.1) is 5.92 Å². The first-order chi connectivity index (χ1) is 14.2. The first-order valence-electron chi connectivity index (χ1n) is 11.6. The number of amides is 1. The lowest BCUT2D eigenvalue weighted by atomic mass is 9.64. The SMILES string of the molecule is CCNC(=NCC1(c2ccccc2)CCC1)NC1CCN(C(=O)C2CCCC2)C1.I. The average molecular weight is 524 g/mol. The fourth-order valence-electron chi connectivity index (χ4n) is 5.19. The van der Waals surface area contributed by atoms with Crippen LogP contribution >= 0.6 is 24.0 Å². The van der Waals surface area contributed by atoms with Gasteiger partial charge in [-0.05, 0) is 44.6 Å². The molecular formula is C24H37IN4O. The maximum absolute atomic E-state index is 12.7. The second-order valence-corrected chi connectivity index (χ2v) is 9.09. The van der Waals surface area contributed by atoms with Crippen LogP contribution in [0.5, 0.6) is 0 Å². The molecule has 2 aliphatic carbocycles. The molecule has 1 aromatic rings. The van der Waals surface area contributed by atoms with Crippen molar-refractivity contribution in [1.82, 2.24) is 15.5 Å². The lowest BCUT2D eigenvalue weighted by molar-refractivity contribution is -0.134. The molecule has 1 aromatic carbocycles. The maximum atomic E-state index is 12.7. The van der Waals surface area contributed by atoms with Gasteiger partial charge in [0, 0.05) is 37.0 Å². The molecule has 0 spiro atoms. The van der Waals surface area contributed by atoms with Gasteiger partial charge in [-0.1, -0.05) is 49.6 Å². The molecule has 0 radical (unpaired) electrons. The standard InChI is InChI=1S/C24H36N4O.HI/c1-2-25-23(26-18-24(14-8-15-24)20-11-4-3-5-12-20)27-21-13-16-28(17-21)22(29)19-9-6-7-10-19;/h3-5,11-12,19,21H,2,6-10,13-18H2,1H3,(H2,25,26,27);1H. The van der Waals surface area contributed by atoms with Gasteiger partial charge in [-0.3, -0.25) is 9.79 Å². The molecule has 1 unspecified atom stereocenters. The van der Waals surface area contributed by atoms with Gasteiger partial charge in [0.2, 0.25) is 5.91 Å². The van der Waals surface area contributed by atoms with E-state index in [1.54, 1.807) is 0 Å². The predicted octanol–water partition coefficient (Wildman–Crippen LogP) is 4.07. The second-order valence-electron chi connectivity index (χ2n) is 9.09.